The van der Waals surface area contributed by atoms with Crippen LogP contribution in [0.4, 0.5) is 0 Å². The maximum atomic E-state index is 12.2. The van der Waals surface area contributed by atoms with Crippen molar-refractivity contribution in [1.29, 1.82) is 0 Å². The number of benzene rings is 1. The van der Waals surface area contributed by atoms with E-state index >= 15 is 0 Å². The Morgan fingerprint density at radius 2 is 1.78 bits per heavy atom. The van der Waals surface area contributed by atoms with E-state index in [1.165, 1.54) is 0 Å². The Morgan fingerprint density at radius 1 is 1.17 bits per heavy atom. The second-order valence-electron chi connectivity index (χ2n) is 5.16. The molecule has 1 amide bonds. The van der Waals surface area contributed by atoms with Gasteiger partial charge >= 0.3 is 0 Å². The van der Waals surface area contributed by atoms with Crippen LogP contribution in [0.5, 0.6) is 0 Å². The summed E-state index contributed by atoms with van der Waals surface area (Å²) in [7, 11) is 0. The molecule has 0 unspecified atom stereocenters. The van der Waals surface area contributed by atoms with Crippen LogP contribution in [0.1, 0.15) is 49.5 Å². The zero-order valence-electron chi connectivity index (χ0n) is 14.3. The molecule has 3 N–H and O–H groups in total. The van der Waals surface area contributed by atoms with Crippen LogP contribution in [0.25, 0.3) is 0 Å². The molecule has 1 rings (SSSR count). The van der Waals surface area contributed by atoms with E-state index in [1.807, 2.05) is 43.0 Å². The zero-order chi connectivity index (χ0) is 16.4. The number of aliphatic imine (C=N–C) groups is 1. The predicted molar refractivity (Wildman–Crippen MR) is 107 cm³/mol. The van der Waals surface area contributed by atoms with E-state index in [4.69, 9.17) is 5.73 Å². The van der Waals surface area contributed by atoms with Crippen molar-refractivity contribution in [2.45, 2.75) is 40.2 Å². The molecule has 6 heteroatoms. The van der Waals surface area contributed by atoms with Gasteiger partial charge in [0, 0.05) is 25.2 Å². The predicted octanol–water partition coefficient (Wildman–Crippen LogP) is 2.99. The third-order valence-corrected chi connectivity index (χ3v) is 3.52. The Hall–Kier alpha value is -1.31. The Bertz CT molecular complexity index is 484. The summed E-state index contributed by atoms with van der Waals surface area (Å²) in [5, 5.41) is 3.08. The summed E-state index contributed by atoms with van der Waals surface area (Å²) in [5.41, 5.74) is 7.55. The van der Waals surface area contributed by atoms with E-state index in [1.54, 1.807) is 0 Å². The molecule has 0 atom stereocenters. The maximum Gasteiger partial charge on any atom is 0.253 e. The van der Waals surface area contributed by atoms with Gasteiger partial charge in [0.25, 0.3) is 5.91 Å². The molecule has 0 spiro atoms. The third-order valence-electron chi connectivity index (χ3n) is 3.52. The van der Waals surface area contributed by atoms with Gasteiger partial charge in [0.2, 0.25) is 0 Å². The van der Waals surface area contributed by atoms with E-state index in [9.17, 15) is 4.79 Å². The van der Waals surface area contributed by atoms with Gasteiger partial charge in [-0.25, -0.2) is 4.99 Å². The van der Waals surface area contributed by atoms with Crippen molar-refractivity contribution in [3.63, 3.8) is 0 Å². The van der Waals surface area contributed by atoms with Crippen molar-refractivity contribution in [2.75, 3.05) is 19.6 Å². The molecule has 23 heavy (non-hydrogen) atoms. The number of nitrogens with two attached hydrogens (primary N) is 1. The standard InChI is InChI=1S/C17H28N4O.HI/c1-4-7-12-19-17(18)20-13-14-8-10-15(11-9-14)16(22)21(5-2)6-3;/h8-11H,4-7,12-13H2,1-3H3,(H3,18,19,20);1H. The SMILES string of the molecule is CCCCNC(N)=NCc1ccc(C(=O)N(CC)CC)cc1.I. The summed E-state index contributed by atoms with van der Waals surface area (Å²) < 4.78 is 0. The quantitative estimate of drug-likeness (QED) is 0.287. The van der Waals surface area contributed by atoms with Crippen molar-refractivity contribution in [3.8, 4) is 0 Å². The lowest BCUT2D eigenvalue weighted by atomic mass is 10.1. The summed E-state index contributed by atoms with van der Waals surface area (Å²) in [6, 6.07) is 7.57. The first-order chi connectivity index (χ1) is 10.6. The molecule has 0 heterocycles. The lowest BCUT2D eigenvalue weighted by molar-refractivity contribution is 0.0773. The van der Waals surface area contributed by atoms with Gasteiger partial charge in [-0.05, 0) is 38.0 Å². The summed E-state index contributed by atoms with van der Waals surface area (Å²) in [6.45, 7) is 8.92. The van der Waals surface area contributed by atoms with Gasteiger partial charge in [-0.1, -0.05) is 25.5 Å². The minimum Gasteiger partial charge on any atom is -0.370 e. The van der Waals surface area contributed by atoms with Gasteiger partial charge < -0.3 is 16.0 Å². The Balaban J connectivity index is 0.00000484. The molecule has 0 aliphatic heterocycles. The molecule has 0 aliphatic rings. The van der Waals surface area contributed by atoms with Gasteiger partial charge in [-0.2, -0.15) is 0 Å². The normalized spacial score (nSPS) is 10.8. The van der Waals surface area contributed by atoms with E-state index in [-0.39, 0.29) is 29.9 Å². The summed E-state index contributed by atoms with van der Waals surface area (Å²) in [5.74, 6) is 0.539. The third kappa shape index (κ3) is 7.67. The number of amides is 1. The average molecular weight is 432 g/mol. The molecule has 0 radical (unpaired) electrons. The number of nitrogens with zero attached hydrogens (tertiary/aromatic N) is 2. The average Bonchev–Trinajstić information content (AvgIpc) is 2.54. The van der Waals surface area contributed by atoms with Crippen molar-refractivity contribution < 1.29 is 4.79 Å². The van der Waals surface area contributed by atoms with E-state index in [0.29, 0.717) is 18.1 Å². The number of halogens is 1. The molecular weight excluding hydrogens is 403 g/mol. The minimum absolute atomic E-state index is 0. The lowest BCUT2D eigenvalue weighted by Gasteiger charge is -2.18. The van der Waals surface area contributed by atoms with Crippen molar-refractivity contribution in [3.05, 3.63) is 35.4 Å². The van der Waals surface area contributed by atoms with E-state index in [2.05, 4.69) is 17.2 Å². The highest BCUT2D eigenvalue weighted by molar-refractivity contribution is 14.0. The number of hydrogen-bond acceptors (Lipinski definition) is 2. The highest BCUT2D eigenvalue weighted by atomic mass is 127. The van der Waals surface area contributed by atoms with Crippen molar-refractivity contribution >= 4 is 35.8 Å². The minimum atomic E-state index is 0. The summed E-state index contributed by atoms with van der Waals surface area (Å²) >= 11 is 0. The molecule has 0 bridgehead atoms. The van der Waals surface area contributed by atoms with Crippen LogP contribution < -0.4 is 11.1 Å². The number of rotatable bonds is 8. The summed E-state index contributed by atoms with van der Waals surface area (Å²) in [6.07, 6.45) is 2.21. The fourth-order valence-electron chi connectivity index (χ4n) is 2.07. The van der Waals surface area contributed by atoms with Gasteiger partial charge in [0.15, 0.2) is 5.96 Å². The number of nitrogens with one attached hydrogen (secondary N) is 1. The van der Waals surface area contributed by atoms with Crippen LogP contribution in [-0.2, 0) is 6.54 Å². The number of guanidine groups is 1. The molecule has 0 aliphatic carbocycles. The second kappa shape index (κ2) is 12.2. The first-order valence-corrected chi connectivity index (χ1v) is 8.04. The maximum absolute atomic E-state index is 12.2. The van der Waals surface area contributed by atoms with E-state index in [0.717, 1.165) is 38.0 Å². The largest absolute Gasteiger partial charge is 0.370 e. The summed E-state index contributed by atoms with van der Waals surface area (Å²) in [4.78, 5) is 18.3. The van der Waals surface area contributed by atoms with Crippen LogP contribution in [-0.4, -0.2) is 36.4 Å². The van der Waals surface area contributed by atoms with Crippen LogP contribution in [0.15, 0.2) is 29.3 Å². The second-order valence-corrected chi connectivity index (χ2v) is 5.16. The van der Waals surface area contributed by atoms with Gasteiger partial charge in [0.05, 0.1) is 6.54 Å². The molecule has 130 valence electrons. The number of carbonyl (C=O) groups excluding carboxylic acids is 1. The molecule has 0 aromatic heterocycles. The molecular formula is C17H29IN4O. The molecule has 5 nitrogen and oxygen atoms in total. The van der Waals surface area contributed by atoms with Crippen LogP contribution >= 0.6 is 24.0 Å². The van der Waals surface area contributed by atoms with Gasteiger partial charge in [-0.3, -0.25) is 4.79 Å². The Morgan fingerprint density at radius 3 is 2.30 bits per heavy atom. The van der Waals surface area contributed by atoms with Gasteiger partial charge in [0.1, 0.15) is 0 Å². The van der Waals surface area contributed by atoms with Crippen LogP contribution in [0.2, 0.25) is 0 Å². The van der Waals surface area contributed by atoms with Crippen molar-refractivity contribution in [2.24, 2.45) is 10.7 Å². The number of hydrogen-bond donors (Lipinski definition) is 2. The molecule has 1 aromatic carbocycles. The molecule has 1 aromatic rings. The highest BCUT2D eigenvalue weighted by Crippen LogP contribution is 2.08. The topological polar surface area (TPSA) is 70.7 Å². The smallest absolute Gasteiger partial charge is 0.253 e. The monoisotopic (exact) mass is 432 g/mol. The molecule has 0 fully saturated rings. The van der Waals surface area contributed by atoms with Gasteiger partial charge in [-0.15, -0.1) is 24.0 Å². The first-order valence-electron chi connectivity index (χ1n) is 8.04. The molecule has 0 saturated heterocycles. The molecule has 0 saturated carbocycles. The fourth-order valence-corrected chi connectivity index (χ4v) is 2.07. The van der Waals surface area contributed by atoms with Crippen LogP contribution in [0, 0.1) is 0 Å². The fraction of sp³-hybridized carbons (Fsp3) is 0.529. The van der Waals surface area contributed by atoms with E-state index < -0.39 is 0 Å². The van der Waals surface area contributed by atoms with Crippen LogP contribution in [0.3, 0.4) is 0 Å². The number of carbonyl (C=O) groups is 1. The first kappa shape index (κ1) is 21.7. The lowest BCUT2D eigenvalue weighted by Crippen LogP contribution is -2.32. The zero-order valence-corrected chi connectivity index (χ0v) is 16.7. The Kier molecular flexibility index (Phi) is 11.5. The Labute approximate surface area is 156 Å². The van der Waals surface area contributed by atoms with Crippen molar-refractivity contribution in [1.82, 2.24) is 10.2 Å². The highest BCUT2D eigenvalue weighted by Gasteiger charge is 2.11. The number of unbranched alkanes of at least 4 members (excludes halogenated alkanes) is 1.